The predicted octanol–water partition coefficient (Wildman–Crippen LogP) is -0.387. The third-order valence-electron chi connectivity index (χ3n) is 5.36. The molecule has 1 aromatic carbocycles. The van der Waals surface area contributed by atoms with E-state index in [2.05, 4.69) is 28.6 Å². The van der Waals surface area contributed by atoms with Crippen LogP contribution in [-0.4, -0.2) is 82.4 Å². The van der Waals surface area contributed by atoms with E-state index >= 15 is 0 Å². The van der Waals surface area contributed by atoms with Gasteiger partial charge in [0, 0.05) is 12.2 Å². The van der Waals surface area contributed by atoms with Gasteiger partial charge in [-0.15, -0.1) is 0 Å². The molecular formula is C23H37N5O6S2. The summed E-state index contributed by atoms with van der Waals surface area (Å²) in [5, 5.41) is 26.6. The van der Waals surface area contributed by atoms with Crippen LogP contribution < -0.4 is 27.4 Å². The highest BCUT2D eigenvalue weighted by atomic mass is 32.2. The second-order valence-electron chi connectivity index (χ2n) is 8.25. The summed E-state index contributed by atoms with van der Waals surface area (Å²) in [5.74, 6) is -2.43. The quantitative estimate of drug-likeness (QED) is 0.0953. The fourth-order valence-corrected chi connectivity index (χ4v) is 3.97. The number of nitrogens with two attached hydrogens (primary N) is 2. The average molecular weight is 544 g/mol. The molecule has 3 amide bonds. The van der Waals surface area contributed by atoms with Gasteiger partial charge >= 0.3 is 5.97 Å². The van der Waals surface area contributed by atoms with E-state index in [1.54, 1.807) is 23.9 Å². The summed E-state index contributed by atoms with van der Waals surface area (Å²) in [7, 11) is 0. The first-order valence-corrected chi connectivity index (χ1v) is 13.6. The third kappa shape index (κ3) is 11.5. The van der Waals surface area contributed by atoms with E-state index in [0.29, 0.717) is 43.5 Å². The molecule has 36 heavy (non-hydrogen) atoms. The van der Waals surface area contributed by atoms with Gasteiger partial charge in [-0.05, 0) is 61.9 Å². The van der Waals surface area contributed by atoms with E-state index in [4.69, 9.17) is 11.5 Å². The number of rotatable bonds is 17. The van der Waals surface area contributed by atoms with Crippen molar-refractivity contribution in [3.05, 3.63) is 29.8 Å². The number of aliphatic carboxylic acids is 1. The monoisotopic (exact) mass is 543 g/mol. The number of carboxylic acids is 1. The number of aromatic hydroxyl groups is 1. The van der Waals surface area contributed by atoms with E-state index in [0.717, 1.165) is 0 Å². The van der Waals surface area contributed by atoms with Crippen LogP contribution in [0.1, 0.15) is 31.2 Å². The lowest BCUT2D eigenvalue weighted by Gasteiger charge is -2.24. The SMILES string of the molecule is CSCCC(N)C(=O)NC(CCCCN)C(=O)NC(CS)C(=O)NC(Cc1ccc(O)cc1)C(=O)O. The lowest BCUT2D eigenvalue weighted by atomic mass is 10.0. The standard InChI is InChI=1S/C23H37N5O6S2/c1-36-11-9-16(25)20(30)26-17(4-2-3-10-24)21(31)28-19(13-35)22(32)27-18(23(33)34)12-14-5-7-15(29)8-6-14/h5-8,16-19,29,35H,2-4,9-13,24-25H2,1H3,(H,26,30)(H,27,32)(H,28,31)(H,33,34). The Kier molecular flexibility index (Phi) is 14.9. The Morgan fingerprint density at radius 3 is 2.08 bits per heavy atom. The topological polar surface area (TPSA) is 197 Å². The molecule has 0 aliphatic heterocycles. The minimum Gasteiger partial charge on any atom is -0.508 e. The van der Waals surface area contributed by atoms with Crippen LogP contribution in [0.15, 0.2) is 24.3 Å². The second kappa shape index (κ2) is 17.1. The fourth-order valence-electron chi connectivity index (χ4n) is 3.22. The maximum Gasteiger partial charge on any atom is 0.326 e. The summed E-state index contributed by atoms with van der Waals surface area (Å²) >= 11 is 5.69. The van der Waals surface area contributed by atoms with Crippen LogP contribution in [0.25, 0.3) is 0 Å². The highest BCUT2D eigenvalue weighted by molar-refractivity contribution is 7.98. The molecule has 0 heterocycles. The Bertz CT molecular complexity index is 858. The zero-order valence-corrected chi connectivity index (χ0v) is 22.0. The van der Waals surface area contributed by atoms with Gasteiger partial charge in [0.15, 0.2) is 0 Å². The van der Waals surface area contributed by atoms with Gasteiger partial charge in [-0.1, -0.05) is 12.1 Å². The van der Waals surface area contributed by atoms with Gasteiger partial charge in [-0.3, -0.25) is 14.4 Å². The maximum absolute atomic E-state index is 13.0. The molecule has 0 saturated heterocycles. The van der Waals surface area contributed by atoms with Crippen LogP contribution >= 0.6 is 24.4 Å². The molecule has 0 radical (unpaired) electrons. The van der Waals surface area contributed by atoms with Crippen molar-refractivity contribution in [3.8, 4) is 5.75 Å². The minimum absolute atomic E-state index is 0.0275. The van der Waals surface area contributed by atoms with E-state index in [1.807, 2.05) is 6.26 Å². The molecule has 1 rings (SSSR count). The van der Waals surface area contributed by atoms with Crippen LogP contribution in [0, 0.1) is 0 Å². The van der Waals surface area contributed by atoms with Crippen molar-refractivity contribution in [1.29, 1.82) is 0 Å². The fraction of sp³-hybridized carbons (Fsp3) is 0.565. The molecule has 0 fully saturated rings. The average Bonchev–Trinajstić information content (AvgIpc) is 2.85. The molecule has 0 aliphatic carbocycles. The maximum atomic E-state index is 13.0. The largest absolute Gasteiger partial charge is 0.508 e. The molecule has 4 atom stereocenters. The lowest BCUT2D eigenvalue weighted by Crippen LogP contribution is -2.57. The van der Waals surface area contributed by atoms with Gasteiger partial charge in [0.2, 0.25) is 17.7 Å². The number of phenols is 1. The lowest BCUT2D eigenvalue weighted by molar-refractivity contribution is -0.142. The van der Waals surface area contributed by atoms with Crippen molar-refractivity contribution in [3.63, 3.8) is 0 Å². The van der Waals surface area contributed by atoms with Gasteiger partial charge in [0.25, 0.3) is 0 Å². The molecule has 1 aromatic rings. The molecule has 9 N–H and O–H groups in total. The van der Waals surface area contributed by atoms with Crippen molar-refractivity contribution < 1.29 is 29.4 Å². The van der Waals surface area contributed by atoms with Crippen LogP contribution in [0.5, 0.6) is 5.75 Å². The number of benzene rings is 1. The zero-order valence-electron chi connectivity index (χ0n) is 20.3. The van der Waals surface area contributed by atoms with Gasteiger partial charge < -0.3 is 37.6 Å². The van der Waals surface area contributed by atoms with Crippen molar-refractivity contribution >= 4 is 48.1 Å². The normalized spacial score (nSPS) is 14.2. The number of thiol groups is 1. The van der Waals surface area contributed by atoms with E-state index < -0.39 is 47.9 Å². The van der Waals surface area contributed by atoms with Crippen LogP contribution in [0.3, 0.4) is 0 Å². The first-order valence-electron chi connectivity index (χ1n) is 11.6. The van der Waals surface area contributed by atoms with Crippen molar-refractivity contribution in [2.45, 2.75) is 56.3 Å². The molecule has 0 saturated carbocycles. The number of hydrogen-bond acceptors (Lipinski definition) is 9. The van der Waals surface area contributed by atoms with Crippen LogP contribution in [0.4, 0.5) is 0 Å². The molecule has 202 valence electrons. The van der Waals surface area contributed by atoms with Crippen LogP contribution in [-0.2, 0) is 25.6 Å². The molecule has 13 heteroatoms. The smallest absolute Gasteiger partial charge is 0.326 e. The minimum atomic E-state index is -1.27. The molecular weight excluding hydrogens is 506 g/mol. The molecule has 0 spiro atoms. The summed E-state index contributed by atoms with van der Waals surface area (Å²) in [6.45, 7) is 0.425. The van der Waals surface area contributed by atoms with Gasteiger partial charge in [0.1, 0.15) is 23.9 Å². The Morgan fingerprint density at radius 2 is 1.53 bits per heavy atom. The molecule has 0 aromatic heterocycles. The number of hydrogen-bond donors (Lipinski definition) is 8. The summed E-state index contributed by atoms with van der Waals surface area (Å²) in [5.41, 5.74) is 12.0. The van der Waals surface area contributed by atoms with Crippen LogP contribution in [0.2, 0.25) is 0 Å². The summed E-state index contributed by atoms with van der Waals surface area (Å²) < 4.78 is 0. The molecule has 0 aliphatic rings. The van der Waals surface area contributed by atoms with Crippen molar-refractivity contribution in [1.82, 2.24) is 16.0 Å². The van der Waals surface area contributed by atoms with E-state index in [1.165, 1.54) is 12.1 Å². The second-order valence-corrected chi connectivity index (χ2v) is 9.60. The summed E-state index contributed by atoms with van der Waals surface area (Å²) in [6, 6.07) is 1.81. The number of phenolic OH excluding ortho intramolecular Hbond substituents is 1. The first kappa shape index (κ1) is 31.5. The summed E-state index contributed by atoms with van der Waals surface area (Å²) in [6.07, 6.45) is 3.83. The predicted molar refractivity (Wildman–Crippen MR) is 143 cm³/mol. The van der Waals surface area contributed by atoms with Gasteiger partial charge in [0.05, 0.1) is 6.04 Å². The molecule has 0 bridgehead atoms. The Hall–Kier alpha value is -2.48. The Morgan fingerprint density at radius 1 is 0.944 bits per heavy atom. The van der Waals surface area contributed by atoms with Crippen molar-refractivity contribution in [2.24, 2.45) is 11.5 Å². The van der Waals surface area contributed by atoms with E-state index in [9.17, 15) is 29.4 Å². The highest BCUT2D eigenvalue weighted by Gasteiger charge is 2.29. The number of carboxylic acid groups (broad SMARTS) is 1. The Balaban J connectivity index is 2.85. The van der Waals surface area contributed by atoms with Crippen molar-refractivity contribution in [2.75, 3.05) is 24.3 Å². The number of thioether (sulfide) groups is 1. The zero-order chi connectivity index (χ0) is 27.1. The third-order valence-corrected chi connectivity index (χ3v) is 6.37. The number of carbonyl (C=O) groups excluding carboxylic acids is 3. The number of carbonyl (C=O) groups is 4. The molecule has 4 unspecified atom stereocenters. The molecule has 11 nitrogen and oxygen atoms in total. The first-order chi connectivity index (χ1) is 17.1. The number of unbranched alkanes of at least 4 members (excludes halogenated alkanes) is 1. The number of nitrogens with one attached hydrogen (secondary N) is 3. The summed E-state index contributed by atoms with van der Waals surface area (Å²) in [4.78, 5) is 50.0. The Labute approximate surface area is 220 Å². The van der Waals surface area contributed by atoms with Gasteiger partial charge in [-0.25, -0.2) is 4.79 Å². The van der Waals surface area contributed by atoms with E-state index in [-0.39, 0.29) is 17.9 Å². The van der Waals surface area contributed by atoms with Gasteiger partial charge in [-0.2, -0.15) is 24.4 Å². The highest BCUT2D eigenvalue weighted by Crippen LogP contribution is 2.12. The number of amides is 3.